The number of benzene rings is 1. The van der Waals surface area contributed by atoms with E-state index in [1.807, 2.05) is 37.3 Å². The van der Waals surface area contributed by atoms with Gasteiger partial charge in [-0.1, -0.05) is 37.3 Å². The van der Waals surface area contributed by atoms with Crippen LogP contribution in [0.2, 0.25) is 0 Å². The van der Waals surface area contributed by atoms with Crippen molar-refractivity contribution in [1.82, 2.24) is 4.90 Å². The lowest BCUT2D eigenvalue weighted by atomic mass is 9.98. The van der Waals surface area contributed by atoms with Gasteiger partial charge in [0.1, 0.15) is 0 Å². The van der Waals surface area contributed by atoms with E-state index in [1.165, 1.54) is 0 Å². The molecule has 0 bridgehead atoms. The highest BCUT2D eigenvalue weighted by Crippen LogP contribution is 2.29. The first-order valence-electron chi connectivity index (χ1n) is 6.19. The van der Waals surface area contributed by atoms with Crippen molar-refractivity contribution in [3.8, 4) is 0 Å². The van der Waals surface area contributed by atoms with Gasteiger partial charge in [0.15, 0.2) is 0 Å². The number of carbonyl (C=O) groups is 2. The average molecular weight is 247 g/mol. The van der Waals surface area contributed by atoms with Crippen LogP contribution in [0.3, 0.4) is 0 Å². The molecule has 2 rings (SSSR count). The lowest BCUT2D eigenvalue weighted by Crippen LogP contribution is -2.36. The number of likely N-dealkylation sites (tertiary alicyclic amines) is 1. The Morgan fingerprint density at radius 3 is 2.61 bits per heavy atom. The topological polar surface area (TPSA) is 57.6 Å². The maximum atomic E-state index is 11.9. The molecule has 0 radical (unpaired) electrons. The van der Waals surface area contributed by atoms with E-state index in [4.69, 9.17) is 5.11 Å². The summed E-state index contributed by atoms with van der Waals surface area (Å²) in [6.45, 7) is 2.43. The average Bonchev–Trinajstić information content (AvgIpc) is 2.68. The summed E-state index contributed by atoms with van der Waals surface area (Å²) in [6.07, 6.45) is 0.802. The van der Waals surface area contributed by atoms with Crippen LogP contribution >= 0.6 is 0 Å². The number of amides is 1. The van der Waals surface area contributed by atoms with Crippen molar-refractivity contribution in [2.24, 2.45) is 5.92 Å². The van der Waals surface area contributed by atoms with Crippen molar-refractivity contribution in [3.05, 3.63) is 35.9 Å². The predicted molar refractivity (Wildman–Crippen MR) is 66.8 cm³/mol. The van der Waals surface area contributed by atoms with E-state index in [9.17, 15) is 9.59 Å². The van der Waals surface area contributed by atoms with Crippen LogP contribution in [-0.4, -0.2) is 27.9 Å². The first-order chi connectivity index (χ1) is 8.63. The quantitative estimate of drug-likeness (QED) is 0.884. The fraction of sp³-hybridized carbons (Fsp3) is 0.429. The molecule has 0 unspecified atom stereocenters. The minimum absolute atomic E-state index is 0.0573. The van der Waals surface area contributed by atoms with Crippen LogP contribution in [0.15, 0.2) is 30.3 Å². The summed E-state index contributed by atoms with van der Waals surface area (Å²) in [5.74, 6) is -1.49. The fourth-order valence-corrected chi connectivity index (χ4v) is 2.59. The van der Waals surface area contributed by atoms with Crippen LogP contribution in [0.1, 0.15) is 25.3 Å². The summed E-state index contributed by atoms with van der Waals surface area (Å²) in [7, 11) is 0. The normalized spacial score (nSPS) is 23.4. The number of nitrogens with zero attached hydrogens (tertiary/aromatic N) is 1. The van der Waals surface area contributed by atoms with Gasteiger partial charge in [-0.05, 0) is 12.0 Å². The van der Waals surface area contributed by atoms with E-state index in [-0.39, 0.29) is 18.4 Å². The minimum atomic E-state index is -0.870. The molecule has 0 aromatic heterocycles. The first kappa shape index (κ1) is 12.6. The Balaban J connectivity index is 2.16. The maximum Gasteiger partial charge on any atom is 0.309 e. The monoisotopic (exact) mass is 247 g/mol. The molecule has 18 heavy (non-hydrogen) atoms. The molecule has 1 fully saturated rings. The van der Waals surface area contributed by atoms with Gasteiger partial charge in [0.2, 0.25) is 5.91 Å². The Kier molecular flexibility index (Phi) is 3.65. The summed E-state index contributed by atoms with van der Waals surface area (Å²) < 4.78 is 0. The molecule has 96 valence electrons. The molecule has 1 aliphatic rings. The van der Waals surface area contributed by atoms with Crippen LogP contribution < -0.4 is 0 Å². The Labute approximate surface area is 106 Å². The number of carboxylic acids is 1. The smallest absolute Gasteiger partial charge is 0.309 e. The van der Waals surface area contributed by atoms with Gasteiger partial charge in [-0.2, -0.15) is 0 Å². The summed E-state index contributed by atoms with van der Waals surface area (Å²) in [4.78, 5) is 24.8. The van der Waals surface area contributed by atoms with Crippen LogP contribution in [0, 0.1) is 5.92 Å². The van der Waals surface area contributed by atoms with Gasteiger partial charge in [0.05, 0.1) is 5.92 Å². The second kappa shape index (κ2) is 5.21. The van der Waals surface area contributed by atoms with E-state index >= 15 is 0 Å². The summed E-state index contributed by atoms with van der Waals surface area (Å²) in [5, 5.41) is 9.14. The zero-order valence-electron chi connectivity index (χ0n) is 10.4. The van der Waals surface area contributed by atoms with Crippen LogP contribution in [0.25, 0.3) is 0 Å². The van der Waals surface area contributed by atoms with Crippen molar-refractivity contribution in [3.63, 3.8) is 0 Å². The molecule has 0 aliphatic carbocycles. The summed E-state index contributed by atoms with van der Waals surface area (Å²) in [5.41, 5.74) is 1.04. The first-order valence-corrected chi connectivity index (χ1v) is 6.19. The van der Waals surface area contributed by atoms with E-state index in [1.54, 1.807) is 4.90 Å². The molecular weight excluding hydrogens is 230 g/mol. The number of aliphatic carboxylic acids is 1. The maximum absolute atomic E-state index is 11.9. The SMILES string of the molecule is CC[C@H]1[C@H](C(=O)O)CC(=O)N1Cc1ccccc1. The lowest BCUT2D eigenvalue weighted by molar-refractivity contribution is -0.142. The molecule has 1 heterocycles. The molecule has 0 spiro atoms. The fourth-order valence-electron chi connectivity index (χ4n) is 2.59. The van der Waals surface area contributed by atoms with Gasteiger partial charge >= 0.3 is 5.97 Å². The van der Waals surface area contributed by atoms with E-state index in [0.717, 1.165) is 5.56 Å². The number of carboxylic acid groups (broad SMARTS) is 1. The van der Waals surface area contributed by atoms with Crippen molar-refractivity contribution in [2.75, 3.05) is 0 Å². The number of hydrogen-bond acceptors (Lipinski definition) is 2. The van der Waals surface area contributed by atoms with Crippen molar-refractivity contribution >= 4 is 11.9 Å². The van der Waals surface area contributed by atoms with Gasteiger partial charge in [0.25, 0.3) is 0 Å². The standard InChI is InChI=1S/C14H17NO3/c1-2-12-11(14(17)18)8-13(16)15(12)9-10-6-4-3-5-7-10/h3-7,11-12H,2,8-9H2,1H3,(H,17,18)/t11-,12+/m1/s1. The third-order valence-electron chi connectivity index (χ3n) is 3.51. The second-order valence-corrected chi connectivity index (χ2v) is 4.63. The second-order valence-electron chi connectivity index (χ2n) is 4.63. The van der Waals surface area contributed by atoms with Crippen molar-refractivity contribution in [1.29, 1.82) is 0 Å². The molecule has 1 amide bonds. The van der Waals surface area contributed by atoms with E-state index < -0.39 is 11.9 Å². The molecular formula is C14H17NO3. The zero-order valence-corrected chi connectivity index (χ0v) is 10.4. The molecule has 1 saturated heterocycles. The van der Waals surface area contributed by atoms with Gasteiger partial charge < -0.3 is 10.0 Å². The minimum Gasteiger partial charge on any atom is -0.481 e. The van der Waals surface area contributed by atoms with E-state index in [0.29, 0.717) is 13.0 Å². The zero-order chi connectivity index (χ0) is 13.1. The highest BCUT2D eigenvalue weighted by atomic mass is 16.4. The molecule has 1 aliphatic heterocycles. The lowest BCUT2D eigenvalue weighted by Gasteiger charge is -2.25. The number of rotatable bonds is 4. The molecule has 1 N–H and O–H groups in total. The molecule has 4 heteroatoms. The molecule has 1 aromatic carbocycles. The van der Waals surface area contributed by atoms with Crippen LogP contribution in [-0.2, 0) is 16.1 Å². The van der Waals surface area contributed by atoms with Gasteiger partial charge in [0, 0.05) is 19.0 Å². The number of hydrogen-bond donors (Lipinski definition) is 1. The molecule has 0 saturated carbocycles. The highest BCUT2D eigenvalue weighted by Gasteiger charge is 2.42. The van der Waals surface area contributed by atoms with Crippen LogP contribution in [0.4, 0.5) is 0 Å². The molecule has 1 aromatic rings. The summed E-state index contributed by atoms with van der Waals surface area (Å²) >= 11 is 0. The van der Waals surface area contributed by atoms with Gasteiger partial charge in [-0.15, -0.1) is 0 Å². The molecule has 4 nitrogen and oxygen atoms in total. The number of carbonyl (C=O) groups excluding carboxylic acids is 1. The Morgan fingerprint density at radius 2 is 2.06 bits per heavy atom. The van der Waals surface area contributed by atoms with Crippen LogP contribution in [0.5, 0.6) is 0 Å². The predicted octanol–water partition coefficient (Wildman–Crippen LogP) is 1.90. The third-order valence-corrected chi connectivity index (χ3v) is 3.51. The Hall–Kier alpha value is -1.84. The summed E-state index contributed by atoms with van der Waals surface area (Å²) in [6, 6.07) is 9.49. The largest absolute Gasteiger partial charge is 0.481 e. The molecule has 2 atom stereocenters. The van der Waals surface area contributed by atoms with E-state index in [2.05, 4.69) is 0 Å². The third kappa shape index (κ3) is 2.37. The van der Waals surface area contributed by atoms with Crippen molar-refractivity contribution in [2.45, 2.75) is 32.4 Å². The highest BCUT2D eigenvalue weighted by molar-refractivity contribution is 5.87. The van der Waals surface area contributed by atoms with Gasteiger partial charge in [-0.3, -0.25) is 9.59 Å². The van der Waals surface area contributed by atoms with Gasteiger partial charge in [-0.25, -0.2) is 0 Å². The van der Waals surface area contributed by atoms with Crippen molar-refractivity contribution < 1.29 is 14.7 Å². The Bertz CT molecular complexity index is 444. The Morgan fingerprint density at radius 1 is 1.39 bits per heavy atom.